The number of fused-ring (bicyclic) bond motifs is 2. The Labute approximate surface area is 110 Å². The van der Waals surface area contributed by atoms with Gasteiger partial charge < -0.3 is 0 Å². The van der Waals surface area contributed by atoms with Crippen molar-refractivity contribution in [2.75, 3.05) is 6.26 Å². The summed E-state index contributed by atoms with van der Waals surface area (Å²) in [4.78, 5) is 11.9. The van der Waals surface area contributed by atoms with Crippen LogP contribution in [0.3, 0.4) is 0 Å². The highest BCUT2D eigenvalue weighted by Crippen LogP contribution is 2.45. The van der Waals surface area contributed by atoms with Gasteiger partial charge in [0, 0.05) is 5.92 Å². The van der Waals surface area contributed by atoms with Crippen LogP contribution in [-0.4, -0.2) is 20.6 Å². The number of hydrogen-bond acceptors (Lipinski definition) is 3. The third-order valence-corrected chi connectivity index (χ3v) is 5.04. The molecule has 0 heterocycles. The lowest BCUT2D eigenvalue weighted by Crippen LogP contribution is -2.41. The summed E-state index contributed by atoms with van der Waals surface area (Å²) >= 11 is 0. The van der Waals surface area contributed by atoms with Crippen LogP contribution in [0.15, 0.2) is 0 Å². The van der Waals surface area contributed by atoms with E-state index in [1.807, 2.05) is 0 Å². The quantitative estimate of drug-likeness (QED) is 0.854. The number of nitrogens with one attached hydrogen (secondary N) is 1. The molecular weight excluding hydrogens is 250 g/mol. The first-order valence-electron chi connectivity index (χ1n) is 6.89. The molecule has 18 heavy (non-hydrogen) atoms. The Morgan fingerprint density at radius 3 is 2.11 bits per heavy atom. The molecule has 0 aliphatic heterocycles. The molecule has 0 saturated heterocycles. The zero-order valence-corrected chi connectivity index (χ0v) is 12.0. The van der Waals surface area contributed by atoms with Crippen LogP contribution >= 0.6 is 0 Å². The van der Waals surface area contributed by atoms with Crippen LogP contribution in [0.5, 0.6) is 0 Å². The van der Waals surface area contributed by atoms with Gasteiger partial charge in [-0.25, -0.2) is 8.42 Å². The Kier molecular flexibility index (Phi) is 3.99. The van der Waals surface area contributed by atoms with E-state index < -0.39 is 10.0 Å². The average molecular weight is 273 g/mol. The first-order valence-corrected chi connectivity index (χ1v) is 8.78. The summed E-state index contributed by atoms with van der Waals surface area (Å²) in [5.41, 5.74) is 0. The van der Waals surface area contributed by atoms with Gasteiger partial charge in [-0.1, -0.05) is 13.3 Å². The summed E-state index contributed by atoms with van der Waals surface area (Å²) < 4.78 is 24.3. The molecule has 0 spiro atoms. The van der Waals surface area contributed by atoms with Crippen molar-refractivity contribution < 1.29 is 13.2 Å². The van der Waals surface area contributed by atoms with Crippen molar-refractivity contribution in [1.29, 1.82) is 0 Å². The lowest BCUT2D eigenvalue weighted by atomic mass is 9.64. The zero-order chi connectivity index (χ0) is 13.3. The molecule has 0 aromatic heterocycles. The van der Waals surface area contributed by atoms with Gasteiger partial charge in [-0.3, -0.25) is 9.52 Å². The fourth-order valence-electron chi connectivity index (χ4n) is 3.80. The predicted molar refractivity (Wildman–Crippen MR) is 70.3 cm³/mol. The van der Waals surface area contributed by atoms with Crippen LogP contribution in [0.2, 0.25) is 0 Å². The number of amides is 1. The highest BCUT2D eigenvalue weighted by atomic mass is 32.2. The minimum atomic E-state index is -3.41. The molecule has 2 aliphatic rings. The topological polar surface area (TPSA) is 63.2 Å². The molecule has 2 rings (SSSR count). The monoisotopic (exact) mass is 273 g/mol. The van der Waals surface area contributed by atoms with Gasteiger partial charge in [-0.15, -0.1) is 0 Å². The minimum Gasteiger partial charge on any atom is -0.274 e. The van der Waals surface area contributed by atoms with Gasteiger partial charge in [0.15, 0.2) is 0 Å². The number of carbonyl (C=O) groups excluding carboxylic acids is 1. The zero-order valence-electron chi connectivity index (χ0n) is 11.2. The second kappa shape index (κ2) is 5.19. The second-order valence-corrected chi connectivity index (χ2v) is 7.87. The van der Waals surface area contributed by atoms with E-state index in [4.69, 9.17) is 0 Å². The smallest absolute Gasteiger partial charge is 0.236 e. The van der Waals surface area contributed by atoms with Crippen molar-refractivity contribution in [3.63, 3.8) is 0 Å². The van der Waals surface area contributed by atoms with Crippen LogP contribution in [-0.2, 0) is 14.8 Å². The number of sulfonamides is 1. The maximum Gasteiger partial charge on any atom is 0.236 e. The number of carbonyl (C=O) groups is 1. The van der Waals surface area contributed by atoms with Crippen LogP contribution in [0.25, 0.3) is 0 Å². The highest BCUT2D eigenvalue weighted by molar-refractivity contribution is 7.89. The van der Waals surface area contributed by atoms with Crippen molar-refractivity contribution in [2.45, 2.75) is 45.4 Å². The van der Waals surface area contributed by atoms with Gasteiger partial charge in [-0.2, -0.15) is 0 Å². The van der Waals surface area contributed by atoms with Crippen molar-refractivity contribution in [3.05, 3.63) is 0 Å². The van der Waals surface area contributed by atoms with Crippen molar-refractivity contribution >= 4 is 15.9 Å². The molecule has 2 saturated carbocycles. The van der Waals surface area contributed by atoms with E-state index >= 15 is 0 Å². The maximum atomic E-state index is 11.9. The third kappa shape index (κ3) is 3.46. The van der Waals surface area contributed by atoms with E-state index in [2.05, 4.69) is 11.6 Å². The predicted octanol–water partition coefficient (Wildman–Crippen LogP) is 1.91. The summed E-state index contributed by atoms with van der Waals surface area (Å²) in [5, 5.41) is 0. The third-order valence-electron chi connectivity index (χ3n) is 4.47. The Hall–Kier alpha value is -0.580. The second-order valence-electron chi connectivity index (χ2n) is 6.12. The Balaban J connectivity index is 1.97. The summed E-state index contributed by atoms with van der Waals surface area (Å²) in [7, 11) is -3.41. The van der Waals surface area contributed by atoms with E-state index in [-0.39, 0.29) is 11.8 Å². The van der Waals surface area contributed by atoms with Crippen molar-refractivity contribution in [1.82, 2.24) is 4.72 Å². The molecule has 2 bridgehead atoms. The molecule has 0 aromatic carbocycles. The summed E-state index contributed by atoms with van der Waals surface area (Å²) in [6.45, 7) is 2.24. The minimum absolute atomic E-state index is 0.0960. The first-order chi connectivity index (χ1) is 8.37. The largest absolute Gasteiger partial charge is 0.274 e. The molecule has 2 atom stereocenters. The first kappa shape index (κ1) is 13.8. The van der Waals surface area contributed by atoms with Gasteiger partial charge in [-0.05, 0) is 49.9 Å². The van der Waals surface area contributed by atoms with Crippen LogP contribution in [0.4, 0.5) is 0 Å². The fourth-order valence-corrected chi connectivity index (χ4v) is 4.33. The molecule has 104 valence electrons. The van der Waals surface area contributed by atoms with Crippen LogP contribution in [0, 0.1) is 23.7 Å². The van der Waals surface area contributed by atoms with E-state index in [9.17, 15) is 13.2 Å². The lowest BCUT2D eigenvalue weighted by molar-refractivity contribution is -0.126. The summed E-state index contributed by atoms with van der Waals surface area (Å²) in [6, 6.07) is 0. The summed E-state index contributed by atoms with van der Waals surface area (Å²) in [6.07, 6.45) is 7.68. The van der Waals surface area contributed by atoms with Crippen LogP contribution in [0.1, 0.15) is 45.4 Å². The Morgan fingerprint density at radius 1 is 1.11 bits per heavy atom. The van der Waals surface area contributed by atoms with Crippen molar-refractivity contribution in [3.8, 4) is 0 Å². The van der Waals surface area contributed by atoms with Gasteiger partial charge in [0.2, 0.25) is 15.9 Å². The van der Waals surface area contributed by atoms with E-state index in [0.29, 0.717) is 11.8 Å². The number of hydrogen-bond donors (Lipinski definition) is 1. The normalized spacial score (nSPS) is 36.1. The van der Waals surface area contributed by atoms with Gasteiger partial charge in [0.25, 0.3) is 0 Å². The fraction of sp³-hybridized carbons (Fsp3) is 0.923. The Morgan fingerprint density at radius 2 is 1.67 bits per heavy atom. The molecular formula is C13H23NO3S. The van der Waals surface area contributed by atoms with Gasteiger partial charge in [0.05, 0.1) is 6.26 Å². The van der Waals surface area contributed by atoms with E-state index in [1.54, 1.807) is 0 Å². The molecule has 2 aliphatic carbocycles. The van der Waals surface area contributed by atoms with E-state index in [1.165, 1.54) is 25.7 Å². The molecule has 0 aromatic rings. The summed E-state index contributed by atoms with van der Waals surface area (Å²) in [5.74, 6) is 1.67. The van der Waals surface area contributed by atoms with Gasteiger partial charge in [0.1, 0.15) is 0 Å². The molecule has 5 heteroatoms. The molecule has 0 radical (unpaired) electrons. The molecule has 2 unspecified atom stereocenters. The molecule has 2 fully saturated rings. The van der Waals surface area contributed by atoms with E-state index in [0.717, 1.165) is 25.0 Å². The standard InChI is InChI=1S/C13H23NO3S/c1-3-9-4-10-6-11(5-9)8-12(7-10)13(15)14-18(2,16)17/h9-12H,3-8H2,1-2H3,(H,14,15). The SMILES string of the molecule is CCC1CC2CC(C1)CC(C(=O)NS(C)(=O)=O)C2. The van der Waals surface area contributed by atoms with Crippen molar-refractivity contribution in [2.24, 2.45) is 23.7 Å². The molecule has 4 nitrogen and oxygen atoms in total. The Bertz CT molecular complexity index is 404. The maximum absolute atomic E-state index is 11.9. The average Bonchev–Trinajstić information content (AvgIpc) is 2.25. The number of rotatable bonds is 3. The lowest BCUT2D eigenvalue weighted by Gasteiger charge is -2.41. The van der Waals surface area contributed by atoms with Gasteiger partial charge >= 0.3 is 0 Å². The molecule has 1 amide bonds. The highest BCUT2D eigenvalue weighted by Gasteiger charge is 2.38. The molecule has 1 N–H and O–H groups in total. The van der Waals surface area contributed by atoms with Crippen LogP contribution < -0.4 is 4.72 Å².